The summed E-state index contributed by atoms with van der Waals surface area (Å²) in [5.74, 6) is 0. The largest absolute Gasteiger partial charge is 0.282 e. The molecule has 0 saturated carbocycles. The molecule has 0 bridgehead atoms. The van der Waals surface area contributed by atoms with E-state index in [1.807, 2.05) is 97.1 Å². The summed E-state index contributed by atoms with van der Waals surface area (Å²) in [6.45, 7) is 1.53. The first-order chi connectivity index (χ1) is 15.5. The zero-order valence-electron chi connectivity index (χ0n) is 17.8. The van der Waals surface area contributed by atoms with Crippen LogP contribution in [0.25, 0.3) is 0 Å². The van der Waals surface area contributed by atoms with Crippen molar-refractivity contribution in [3.05, 3.63) is 138 Å². The Labute approximate surface area is 190 Å². The molecule has 0 saturated heterocycles. The molecule has 0 aliphatic heterocycles. The Balaban J connectivity index is 1.80. The van der Waals surface area contributed by atoms with Gasteiger partial charge >= 0.3 is 0 Å². The second-order valence-electron chi connectivity index (χ2n) is 7.98. The van der Waals surface area contributed by atoms with E-state index in [2.05, 4.69) is 4.83 Å². The maximum absolute atomic E-state index is 13.5. The number of quaternary nitrogens is 1. The first kappa shape index (κ1) is 22.0. The Bertz CT molecular complexity index is 1110. The van der Waals surface area contributed by atoms with Crippen molar-refractivity contribution in [1.29, 1.82) is 0 Å². The molecule has 0 aliphatic carbocycles. The van der Waals surface area contributed by atoms with Crippen LogP contribution in [0.5, 0.6) is 0 Å². The Morgan fingerprint density at radius 1 is 0.500 bits per heavy atom. The number of benzene rings is 4. The molecule has 1 N–H and O–H groups in total. The summed E-state index contributed by atoms with van der Waals surface area (Å²) in [5, 5.41) is 0. The molecule has 0 aromatic heterocycles. The van der Waals surface area contributed by atoms with Crippen molar-refractivity contribution in [2.24, 2.45) is 0 Å². The number of hydrogen-bond donors (Lipinski definition) is 1. The minimum Gasteiger partial charge on any atom is -0.220 e. The molecule has 0 heterocycles. The van der Waals surface area contributed by atoms with Crippen molar-refractivity contribution < 1.29 is 13.0 Å². The van der Waals surface area contributed by atoms with Gasteiger partial charge in [-0.05, 0) is 12.1 Å². The van der Waals surface area contributed by atoms with Crippen LogP contribution in [0.3, 0.4) is 0 Å². The van der Waals surface area contributed by atoms with Crippen LogP contribution in [0.1, 0.15) is 16.7 Å². The second-order valence-corrected chi connectivity index (χ2v) is 9.64. The molecule has 4 nitrogen and oxygen atoms in total. The summed E-state index contributed by atoms with van der Waals surface area (Å²) >= 11 is 0. The molecule has 0 atom stereocenters. The second kappa shape index (κ2) is 9.92. The van der Waals surface area contributed by atoms with E-state index in [0.29, 0.717) is 19.6 Å². The first-order valence-electron chi connectivity index (χ1n) is 10.6. The quantitative estimate of drug-likeness (QED) is 0.282. The fourth-order valence-electron chi connectivity index (χ4n) is 3.97. The number of rotatable bonds is 9. The van der Waals surface area contributed by atoms with Gasteiger partial charge in [-0.1, -0.05) is 114 Å². The minimum absolute atomic E-state index is 0.134. The van der Waals surface area contributed by atoms with Gasteiger partial charge in [-0.25, -0.2) is 13.0 Å². The van der Waals surface area contributed by atoms with Crippen LogP contribution >= 0.6 is 0 Å². The van der Waals surface area contributed by atoms with Crippen molar-refractivity contribution >= 4 is 10.0 Å². The topological polar surface area (TPSA) is 46.2 Å². The van der Waals surface area contributed by atoms with Gasteiger partial charge in [0.2, 0.25) is 0 Å². The standard InChI is InChI=1S/C27H27N2O2S/c30-32(31,27-19-11-4-12-20-27)28-29(21-24-13-5-1-6-14-24,22-25-15-7-2-8-16-25)23-26-17-9-3-10-18-26/h1-20,28H,21-23H2/q+1. The summed E-state index contributed by atoms with van der Waals surface area (Å²) < 4.78 is 27.1. The highest BCUT2D eigenvalue weighted by molar-refractivity contribution is 7.89. The molecule has 4 aromatic carbocycles. The Morgan fingerprint density at radius 2 is 0.812 bits per heavy atom. The summed E-state index contributed by atoms with van der Waals surface area (Å²) in [6, 6.07) is 38.7. The Kier molecular flexibility index (Phi) is 6.81. The van der Waals surface area contributed by atoms with Crippen molar-refractivity contribution in [2.75, 3.05) is 0 Å². The van der Waals surface area contributed by atoms with E-state index in [1.54, 1.807) is 24.3 Å². The zero-order chi connectivity index (χ0) is 22.3. The monoisotopic (exact) mass is 443 g/mol. The summed E-state index contributed by atoms with van der Waals surface area (Å²) in [5.41, 5.74) is 3.19. The van der Waals surface area contributed by atoms with Gasteiger partial charge in [0.15, 0.2) is 0 Å². The number of nitrogens with one attached hydrogen (secondary N) is 1. The van der Waals surface area contributed by atoms with E-state index in [1.165, 1.54) is 0 Å². The summed E-state index contributed by atoms with van der Waals surface area (Å²) in [4.78, 5) is 3.34. The average Bonchev–Trinajstić information content (AvgIpc) is 2.81. The van der Waals surface area contributed by atoms with E-state index < -0.39 is 10.0 Å². The van der Waals surface area contributed by atoms with Crippen LogP contribution in [0, 0.1) is 0 Å². The maximum atomic E-state index is 13.5. The van der Waals surface area contributed by atoms with Crippen LogP contribution in [0.15, 0.2) is 126 Å². The molecule has 4 rings (SSSR count). The third kappa shape index (κ3) is 5.71. The van der Waals surface area contributed by atoms with Crippen LogP contribution in [-0.2, 0) is 29.7 Å². The molecule has 0 aliphatic rings. The smallest absolute Gasteiger partial charge is 0.220 e. The highest BCUT2D eigenvalue weighted by Crippen LogP contribution is 2.24. The van der Waals surface area contributed by atoms with Gasteiger partial charge in [0, 0.05) is 16.7 Å². The predicted octanol–water partition coefficient (Wildman–Crippen LogP) is 5.30. The van der Waals surface area contributed by atoms with Crippen LogP contribution in [0.2, 0.25) is 0 Å². The maximum Gasteiger partial charge on any atom is 0.282 e. The van der Waals surface area contributed by atoms with Gasteiger partial charge in [-0.15, -0.1) is 0 Å². The van der Waals surface area contributed by atoms with Crippen molar-refractivity contribution in [1.82, 2.24) is 4.83 Å². The van der Waals surface area contributed by atoms with Gasteiger partial charge in [0.25, 0.3) is 10.0 Å². The van der Waals surface area contributed by atoms with Crippen LogP contribution < -0.4 is 4.83 Å². The van der Waals surface area contributed by atoms with Gasteiger partial charge < -0.3 is 0 Å². The van der Waals surface area contributed by atoms with Gasteiger partial charge in [0.1, 0.15) is 19.6 Å². The molecule has 5 heteroatoms. The van der Waals surface area contributed by atoms with Crippen LogP contribution in [0.4, 0.5) is 0 Å². The van der Waals surface area contributed by atoms with Crippen LogP contribution in [-0.4, -0.2) is 13.0 Å². The summed E-state index contributed by atoms with van der Waals surface area (Å²) in [7, 11) is -3.76. The Morgan fingerprint density at radius 3 is 1.16 bits per heavy atom. The fourth-order valence-corrected chi connectivity index (χ4v) is 5.29. The molecule has 0 fully saturated rings. The third-order valence-corrected chi connectivity index (χ3v) is 6.87. The lowest BCUT2D eigenvalue weighted by atomic mass is 10.1. The predicted molar refractivity (Wildman–Crippen MR) is 127 cm³/mol. The Hall–Kier alpha value is -3.25. The molecule has 0 amide bonds. The number of hydrogen-bond acceptors (Lipinski definition) is 2. The minimum atomic E-state index is -3.76. The first-order valence-corrected chi connectivity index (χ1v) is 12.1. The molecule has 0 spiro atoms. The molecule has 4 aromatic rings. The molecular formula is C27H27N2O2S+. The highest BCUT2D eigenvalue weighted by Gasteiger charge is 2.35. The van der Waals surface area contributed by atoms with Gasteiger partial charge in [-0.2, -0.15) is 0 Å². The van der Waals surface area contributed by atoms with Gasteiger partial charge in [0.05, 0.1) is 4.90 Å². The number of nitrogens with zero attached hydrogens (tertiary/aromatic N) is 1. The molecule has 32 heavy (non-hydrogen) atoms. The number of sulfonamides is 1. The van der Waals surface area contributed by atoms with E-state index in [9.17, 15) is 8.42 Å². The van der Waals surface area contributed by atoms with E-state index in [0.717, 1.165) is 16.7 Å². The lowest BCUT2D eigenvalue weighted by Gasteiger charge is -2.37. The SMILES string of the molecule is O=S(=O)(N[N+](Cc1ccccc1)(Cc1ccccc1)Cc1ccccc1)c1ccccc1. The van der Waals surface area contributed by atoms with E-state index >= 15 is 0 Å². The summed E-state index contributed by atoms with van der Waals surface area (Å²) in [6.07, 6.45) is 0. The fraction of sp³-hybridized carbons (Fsp3) is 0.111. The lowest BCUT2D eigenvalue weighted by molar-refractivity contribution is -0.993. The van der Waals surface area contributed by atoms with Gasteiger partial charge in [-0.3, -0.25) is 0 Å². The molecule has 162 valence electrons. The lowest BCUT2D eigenvalue weighted by Crippen LogP contribution is -2.58. The zero-order valence-corrected chi connectivity index (χ0v) is 18.7. The normalized spacial score (nSPS) is 11.9. The van der Waals surface area contributed by atoms with E-state index in [4.69, 9.17) is 0 Å². The third-order valence-electron chi connectivity index (χ3n) is 5.35. The molecule has 0 radical (unpaired) electrons. The molecular weight excluding hydrogens is 416 g/mol. The van der Waals surface area contributed by atoms with Crippen molar-refractivity contribution in [3.8, 4) is 0 Å². The van der Waals surface area contributed by atoms with Crippen molar-refractivity contribution in [2.45, 2.75) is 24.5 Å². The van der Waals surface area contributed by atoms with E-state index in [-0.39, 0.29) is 9.49 Å². The molecule has 0 unspecified atom stereocenters. The highest BCUT2D eigenvalue weighted by atomic mass is 32.2. The average molecular weight is 444 g/mol. The van der Waals surface area contributed by atoms with Crippen molar-refractivity contribution in [3.63, 3.8) is 0 Å².